The van der Waals surface area contributed by atoms with Gasteiger partial charge in [-0.05, 0) is 47.5 Å². The van der Waals surface area contributed by atoms with Crippen molar-refractivity contribution in [3.05, 3.63) is 83.3 Å². The van der Waals surface area contributed by atoms with Gasteiger partial charge in [0, 0.05) is 15.4 Å². The van der Waals surface area contributed by atoms with Crippen LogP contribution < -0.4 is 0 Å². The predicted octanol–water partition coefficient (Wildman–Crippen LogP) is 6.04. The molecule has 0 fully saturated rings. The maximum atomic E-state index is 9.78. The van der Waals surface area contributed by atoms with Crippen LogP contribution in [0.25, 0.3) is 33.3 Å². The summed E-state index contributed by atoms with van der Waals surface area (Å²) >= 11 is 3.55. The van der Waals surface area contributed by atoms with Crippen LogP contribution in [0, 0.1) is 0 Å². The molecule has 0 bridgehead atoms. The van der Waals surface area contributed by atoms with E-state index < -0.39 is 0 Å². The number of aromatic hydroxyl groups is 1. The van der Waals surface area contributed by atoms with Crippen LogP contribution >= 0.6 is 15.9 Å². The molecule has 0 aliphatic heterocycles. The molecule has 116 valence electrons. The van der Waals surface area contributed by atoms with E-state index in [2.05, 4.69) is 40.2 Å². The minimum atomic E-state index is 0.242. The molecule has 0 atom stereocenters. The van der Waals surface area contributed by atoms with Crippen molar-refractivity contribution in [2.75, 3.05) is 0 Å². The molecule has 0 radical (unpaired) electrons. The van der Waals surface area contributed by atoms with Crippen LogP contribution in [0.2, 0.25) is 0 Å². The van der Waals surface area contributed by atoms with E-state index in [0.29, 0.717) is 0 Å². The number of fused-ring (bicyclic) bond motifs is 1. The van der Waals surface area contributed by atoms with Gasteiger partial charge in [0.25, 0.3) is 0 Å². The number of hydrogen-bond acceptors (Lipinski definition) is 2. The summed E-state index contributed by atoms with van der Waals surface area (Å²) in [4.78, 5) is 4.78. The standard InChI is InChI=1S/C21H14BrNO/c22-16-9-10-20-19(12-16)18(14-5-2-1-3-6-14)13-21(23-20)15-7-4-8-17(24)11-15/h1-13,24H. The number of phenols is 1. The molecular formula is C21H14BrNO. The Hall–Kier alpha value is -2.65. The molecule has 0 amide bonds. The number of pyridine rings is 1. The zero-order valence-corrected chi connectivity index (χ0v) is 14.4. The van der Waals surface area contributed by atoms with E-state index >= 15 is 0 Å². The van der Waals surface area contributed by atoms with Crippen LogP contribution in [0.4, 0.5) is 0 Å². The molecular weight excluding hydrogens is 362 g/mol. The van der Waals surface area contributed by atoms with Crippen LogP contribution in [0.3, 0.4) is 0 Å². The maximum absolute atomic E-state index is 9.78. The van der Waals surface area contributed by atoms with Gasteiger partial charge in [0.2, 0.25) is 0 Å². The highest BCUT2D eigenvalue weighted by molar-refractivity contribution is 9.10. The molecule has 3 aromatic carbocycles. The fourth-order valence-corrected chi connectivity index (χ4v) is 3.23. The monoisotopic (exact) mass is 375 g/mol. The lowest BCUT2D eigenvalue weighted by Crippen LogP contribution is -1.90. The summed E-state index contributed by atoms with van der Waals surface area (Å²) in [5.41, 5.74) is 4.94. The zero-order valence-electron chi connectivity index (χ0n) is 12.8. The highest BCUT2D eigenvalue weighted by atomic mass is 79.9. The molecule has 4 aromatic rings. The molecule has 1 N–H and O–H groups in total. The first-order valence-electron chi connectivity index (χ1n) is 7.66. The highest BCUT2D eigenvalue weighted by Gasteiger charge is 2.10. The number of hydrogen-bond donors (Lipinski definition) is 1. The number of rotatable bonds is 2. The van der Waals surface area contributed by atoms with Gasteiger partial charge < -0.3 is 5.11 Å². The lowest BCUT2D eigenvalue weighted by molar-refractivity contribution is 0.475. The van der Waals surface area contributed by atoms with Crippen LogP contribution in [-0.2, 0) is 0 Å². The van der Waals surface area contributed by atoms with E-state index in [4.69, 9.17) is 4.98 Å². The largest absolute Gasteiger partial charge is 0.508 e. The molecule has 0 aliphatic rings. The molecule has 0 saturated carbocycles. The highest BCUT2D eigenvalue weighted by Crippen LogP contribution is 2.34. The third kappa shape index (κ3) is 2.79. The zero-order chi connectivity index (χ0) is 16.5. The Morgan fingerprint density at radius 1 is 0.750 bits per heavy atom. The first kappa shape index (κ1) is 14.9. The molecule has 4 rings (SSSR count). The molecule has 1 aromatic heterocycles. The van der Waals surface area contributed by atoms with Crippen LogP contribution in [0.5, 0.6) is 5.75 Å². The number of aromatic nitrogens is 1. The third-order valence-electron chi connectivity index (χ3n) is 4.00. The summed E-state index contributed by atoms with van der Waals surface area (Å²) in [5, 5.41) is 10.9. The van der Waals surface area contributed by atoms with Crippen molar-refractivity contribution in [2.45, 2.75) is 0 Å². The summed E-state index contributed by atoms with van der Waals surface area (Å²) in [6.07, 6.45) is 0. The van der Waals surface area contributed by atoms with E-state index in [-0.39, 0.29) is 5.75 Å². The summed E-state index contributed by atoms with van der Waals surface area (Å²) in [7, 11) is 0. The SMILES string of the molecule is Oc1cccc(-c2cc(-c3ccccc3)c3cc(Br)ccc3n2)c1. The first-order valence-corrected chi connectivity index (χ1v) is 8.45. The van der Waals surface area contributed by atoms with E-state index in [1.54, 1.807) is 12.1 Å². The van der Waals surface area contributed by atoms with Gasteiger partial charge in [0.15, 0.2) is 0 Å². The number of benzene rings is 3. The van der Waals surface area contributed by atoms with Gasteiger partial charge >= 0.3 is 0 Å². The Kier molecular flexibility index (Phi) is 3.79. The van der Waals surface area contributed by atoms with Gasteiger partial charge in [-0.1, -0.05) is 58.4 Å². The predicted molar refractivity (Wildman–Crippen MR) is 102 cm³/mol. The summed E-state index contributed by atoms with van der Waals surface area (Å²) in [6.45, 7) is 0. The maximum Gasteiger partial charge on any atom is 0.116 e. The summed E-state index contributed by atoms with van der Waals surface area (Å²) in [5.74, 6) is 0.242. The molecule has 0 aliphatic carbocycles. The van der Waals surface area contributed by atoms with Crippen molar-refractivity contribution in [2.24, 2.45) is 0 Å². The second-order valence-electron chi connectivity index (χ2n) is 5.63. The van der Waals surface area contributed by atoms with Crippen LogP contribution in [-0.4, -0.2) is 10.1 Å². The fourth-order valence-electron chi connectivity index (χ4n) is 2.87. The second-order valence-corrected chi connectivity index (χ2v) is 6.55. The number of nitrogens with zero attached hydrogens (tertiary/aromatic N) is 1. The lowest BCUT2D eigenvalue weighted by atomic mass is 9.98. The Balaban J connectivity index is 2.03. The van der Waals surface area contributed by atoms with Crippen molar-refractivity contribution in [3.63, 3.8) is 0 Å². The number of phenolic OH excluding ortho intramolecular Hbond substituents is 1. The number of halogens is 1. The molecule has 24 heavy (non-hydrogen) atoms. The second kappa shape index (κ2) is 6.10. The quantitative estimate of drug-likeness (QED) is 0.463. The van der Waals surface area contributed by atoms with Crippen LogP contribution in [0.1, 0.15) is 0 Å². The summed E-state index contributed by atoms with van der Waals surface area (Å²) in [6, 6.07) is 25.7. The van der Waals surface area contributed by atoms with Gasteiger partial charge in [-0.3, -0.25) is 0 Å². The van der Waals surface area contributed by atoms with E-state index in [9.17, 15) is 5.11 Å². The van der Waals surface area contributed by atoms with Crippen molar-refractivity contribution in [1.82, 2.24) is 4.98 Å². The van der Waals surface area contributed by atoms with Crippen molar-refractivity contribution in [3.8, 4) is 28.1 Å². The van der Waals surface area contributed by atoms with Gasteiger partial charge in [0.05, 0.1) is 11.2 Å². The van der Waals surface area contributed by atoms with Gasteiger partial charge in [-0.2, -0.15) is 0 Å². The Bertz CT molecular complexity index is 1030. The average Bonchev–Trinajstić information content (AvgIpc) is 2.61. The summed E-state index contributed by atoms with van der Waals surface area (Å²) < 4.78 is 1.03. The Morgan fingerprint density at radius 3 is 2.33 bits per heavy atom. The molecule has 2 nitrogen and oxygen atoms in total. The van der Waals surface area contributed by atoms with Crippen LogP contribution in [0.15, 0.2) is 83.3 Å². The van der Waals surface area contributed by atoms with Crippen molar-refractivity contribution >= 4 is 26.8 Å². The Labute approximate surface area is 148 Å². The molecule has 1 heterocycles. The first-order chi connectivity index (χ1) is 11.7. The third-order valence-corrected chi connectivity index (χ3v) is 4.49. The van der Waals surface area contributed by atoms with E-state index in [1.165, 1.54) is 0 Å². The van der Waals surface area contributed by atoms with E-state index in [0.717, 1.165) is 37.8 Å². The van der Waals surface area contributed by atoms with Crippen molar-refractivity contribution in [1.29, 1.82) is 0 Å². The van der Waals surface area contributed by atoms with E-state index in [1.807, 2.05) is 42.5 Å². The topological polar surface area (TPSA) is 33.1 Å². The molecule has 0 spiro atoms. The normalized spacial score (nSPS) is 10.9. The fraction of sp³-hybridized carbons (Fsp3) is 0. The van der Waals surface area contributed by atoms with Crippen molar-refractivity contribution < 1.29 is 5.11 Å². The Morgan fingerprint density at radius 2 is 1.54 bits per heavy atom. The molecule has 0 saturated heterocycles. The minimum Gasteiger partial charge on any atom is -0.508 e. The molecule has 3 heteroatoms. The minimum absolute atomic E-state index is 0.242. The average molecular weight is 376 g/mol. The molecule has 0 unspecified atom stereocenters. The lowest BCUT2D eigenvalue weighted by Gasteiger charge is -2.11. The smallest absolute Gasteiger partial charge is 0.116 e. The van der Waals surface area contributed by atoms with Gasteiger partial charge in [-0.25, -0.2) is 4.98 Å². The van der Waals surface area contributed by atoms with Gasteiger partial charge in [0.1, 0.15) is 5.75 Å². The van der Waals surface area contributed by atoms with Gasteiger partial charge in [-0.15, -0.1) is 0 Å².